The minimum atomic E-state index is -4.44. The van der Waals surface area contributed by atoms with E-state index in [1.54, 1.807) is 6.07 Å². The van der Waals surface area contributed by atoms with Crippen molar-refractivity contribution in [3.63, 3.8) is 0 Å². The van der Waals surface area contributed by atoms with E-state index in [1.807, 2.05) is 0 Å². The van der Waals surface area contributed by atoms with Gasteiger partial charge in [0.05, 0.1) is 5.56 Å². The number of nitrogens with one attached hydrogen (secondary N) is 2. The maximum absolute atomic E-state index is 13.1. The summed E-state index contributed by atoms with van der Waals surface area (Å²) in [5.41, 5.74) is 0.0336. The van der Waals surface area contributed by atoms with Crippen LogP contribution in [0.25, 0.3) is 0 Å². The van der Waals surface area contributed by atoms with Gasteiger partial charge in [0, 0.05) is 24.2 Å². The van der Waals surface area contributed by atoms with Crippen LogP contribution in [0, 0.1) is 0 Å². The zero-order chi connectivity index (χ0) is 15.3. The number of rotatable bonds is 3. The van der Waals surface area contributed by atoms with Gasteiger partial charge in [-0.3, -0.25) is 4.79 Å². The lowest BCUT2D eigenvalue weighted by Crippen LogP contribution is -2.47. The van der Waals surface area contributed by atoms with Crippen molar-refractivity contribution in [2.24, 2.45) is 0 Å². The number of amides is 1. The molecule has 0 bridgehead atoms. The summed E-state index contributed by atoms with van der Waals surface area (Å²) in [6.07, 6.45) is -1.23. The molecular weight excluding hydrogens is 317 g/mol. The van der Waals surface area contributed by atoms with E-state index >= 15 is 0 Å². The molecule has 0 aromatic heterocycles. The molecule has 0 saturated heterocycles. The minimum absolute atomic E-state index is 0. The quantitative estimate of drug-likeness (QED) is 0.889. The fourth-order valence-electron chi connectivity index (χ4n) is 2.94. The van der Waals surface area contributed by atoms with Gasteiger partial charge in [0.1, 0.15) is 0 Å². The summed E-state index contributed by atoms with van der Waals surface area (Å²) in [5.74, 6) is -0.424. The zero-order valence-electron chi connectivity index (χ0n) is 12.1. The molecular formula is C15H18ClF3N2O. The fraction of sp³-hybridized carbons (Fsp3) is 0.533. The van der Waals surface area contributed by atoms with Crippen molar-refractivity contribution in [1.82, 2.24) is 10.6 Å². The van der Waals surface area contributed by atoms with E-state index in [0.29, 0.717) is 12.1 Å². The second kappa shape index (κ2) is 5.74. The highest BCUT2D eigenvalue weighted by Crippen LogP contribution is 2.36. The first kappa shape index (κ1) is 17.1. The second-order valence-electron chi connectivity index (χ2n) is 6.12. The predicted molar refractivity (Wildman–Crippen MR) is 79.0 cm³/mol. The molecule has 2 aliphatic rings. The van der Waals surface area contributed by atoms with Gasteiger partial charge in [0.15, 0.2) is 0 Å². The lowest BCUT2D eigenvalue weighted by molar-refractivity contribution is -0.138. The molecule has 122 valence electrons. The molecule has 1 aromatic rings. The Hall–Kier alpha value is -1.27. The van der Waals surface area contributed by atoms with E-state index in [4.69, 9.17) is 0 Å². The first-order valence-electron chi connectivity index (χ1n) is 7.05. The molecule has 7 heteroatoms. The van der Waals surface area contributed by atoms with Crippen molar-refractivity contribution in [3.8, 4) is 0 Å². The van der Waals surface area contributed by atoms with Gasteiger partial charge in [-0.15, -0.1) is 12.4 Å². The first-order chi connectivity index (χ1) is 9.78. The summed E-state index contributed by atoms with van der Waals surface area (Å²) >= 11 is 0. The highest BCUT2D eigenvalue weighted by atomic mass is 35.5. The Balaban J connectivity index is 0.00000176. The molecule has 0 atom stereocenters. The third-order valence-electron chi connectivity index (χ3n) is 4.46. The Bertz CT molecular complexity index is 597. The molecule has 3 rings (SSSR count). The van der Waals surface area contributed by atoms with Crippen LogP contribution in [-0.2, 0) is 19.3 Å². The molecule has 0 spiro atoms. The number of carbonyl (C=O) groups is 1. The monoisotopic (exact) mass is 334 g/mol. The topological polar surface area (TPSA) is 41.1 Å². The average molecular weight is 335 g/mol. The lowest BCUT2D eigenvalue weighted by Gasteiger charge is -2.39. The molecule has 1 amide bonds. The van der Waals surface area contributed by atoms with Crippen molar-refractivity contribution in [2.45, 2.75) is 51.0 Å². The van der Waals surface area contributed by atoms with Gasteiger partial charge in [0.25, 0.3) is 5.91 Å². The maximum atomic E-state index is 13.1. The van der Waals surface area contributed by atoms with Crippen molar-refractivity contribution in [2.75, 3.05) is 0 Å². The Labute approximate surface area is 133 Å². The van der Waals surface area contributed by atoms with E-state index < -0.39 is 17.6 Å². The number of benzene rings is 1. The predicted octanol–water partition coefficient (Wildman–Crippen LogP) is 3.40. The third-order valence-corrected chi connectivity index (χ3v) is 4.46. The van der Waals surface area contributed by atoms with Crippen molar-refractivity contribution in [1.29, 1.82) is 0 Å². The Morgan fingerprint density at radius 1 is 1.32 bits per heavy atom. The van der Waals surface area contributed by atoms with Crippen LogP contribution in [0.2, 0.25) is 0 Å². The van der Waals surface area contributed by atoms with Gasteiger partial charge < -0.3 is 10.6 Å². The van der Waals surface area contributed by atoms with Crippen LogP contribution in [0.15, 0.2) is 12.1 Å². The molecule has 2 N–H and O–H groups in total. The number of alkyl halides is 3. The Morgan fingerprint density at radius 2 is 2.00 bits per heavy atom. The van der Waals surface area contributed by atoms with E-state index in [-0.39, 0.29) is 35.6 Å². The van der Waals surface area contributed by atoms with Crippen molar-refractivity contribution >= 4 is 18.3 Å². The maximum Gasteiger partial charge on any atom is 0.416 e. The highest BCUT2D eigenvalue weighted by Gasteiger charge is 2.38. The van der Waals surface area contributed by atoms with Gasteiger partial charge in [0.2, 0.25) is 0 Å². The number of hydrogen-bond donors (Lipinski definition) is 2. The normalized spacial score (nSPS) is 19.0. The molecule has 1 saturated carbocycles. The second-order valence-corrected chi connectivity index (χ2v) is 6.12. The van der Waals surface area contributed by atoms with E-state index in [9.17, 15) is 18.0 Å². The zero-order valence-corrected chi connectivity index (χ0v) is 13.0. The summed E-state index contributed by atoms with van der Waals surface area (Å²) in [5, 5.41) is 5.76. The standard InChI is InChI=1S/C15H17F3N2O.ClH/c1-14(3-2-4-14)20-7-9-5-10-11(8-19-13(10)21)12(6-9)15(16,17)18;/h5-6,20H,2-4,7-8H2,1H3,(H,19,21);1H. The number of hydrogen-bond acceptors (Lipinski definition) is 2. The molecule has 3 nitrogen and oxygen atoms in total. The molecule has 1 aliphatic carbocycles. The van der Waals surface area contributed by atoms with Crippen LogP contribution in [0.4, 0.5) is 13.2 Å². The van der Waals surface area contributed by atoms with Crippen LogP contribution in [0.1, 0.15) is 53.2 Å². The van der Waals surface area contributed by atoms with E-state index in [0.717, 1.165) is 25.3 Å². The molecule has 1 fully saturated rings. The first-order valence-corrected chi connectivity index (χ1v) is 7.05. The van der Waals surface area contributed by atoms with Crippen molar-refractivity contribution < 1.29 is 18.0 Å². The molecule has 1 heterocycles. The van der Waals surface area contributed by atoms with Crippen LogP contribution in [0.5, 0.6) is 0 Å². The third kappa shape index (κ3) is 3.08. The van der Waals surface area contributed by atoms with E-state index in [2.05, 4.69) is 17.6 Å². The van der Waals surface area contributed by atoms with Gasteiger partial charge in [-0.1, -0.05) is 0 Å². The molecule has 1 aliphatic heterocycles. The Morgan fingerprint density at radius 3 is 2.55 bits per heavy atom. The number of carbonyl (C=O) groups excluding carboxylic acids is 1. The molecule has 22 heavy (non-hydrogen) atoms. The summed E-state index contributed by atoms with van der Waals surface area (Å²) in [6, 6.07) is 2.73. The smallest absolute Gasteiger partial charge is 0.348 e. The highest BCUT2D eigenvalue weighted by molar-refractivity contribution is 5.99. The van der Waals surface area contributed by atoms with Gasteiger partial charge in [-0.05, 0) is 49.4 Å². The van der Waals surface area contributed by atoms with Crippen LogP contribution < -0.4 is 10.6 Å². The number of halogens is 4. The summed E-state index contributed by atoms with van der Waals surface area (Å²) in [6.45, 7) is 2.37. The van der Waals surface area contributed by atoms with Crippen LogP contribution in [-0.4, -0.2) is 11.4 Å². The SMILES string of the molecule is CC1(NCc2cc3c(c(C(F)(F)F)c2)CNC3=O)CCC1.Cl. The molecule has 0 radical (unpaired) electrons. The lowest BCUT2D eigenvalue weighted by atomic mass is 9.78. The van der Waals surface area contributed by atoms with Crippen LogP contribution in [0.3, 0.4) is 0 Å². The largest absolute Gasteiger partial charge is 0.416 e. The number of fused-ring (bicyclic) bond motifs is 1. The van der Waals surface area contributed by atoms with Gasteiger partial charge in [-0.25, -0.2) is 0 Å². The van der Waals surface area contributed by atoms with Gasteiger partial charge >= 0.3 is 6.18 Å². The summed E-state index contributed by atoms with van der Waals surface area (Å²) in [7, 11) is 0. The van der Waals surface area contributed by atoms with Crippen LogP contribution >= 0.6 is 12.4 Å². The molecule has 0 unspecified atom stereocenters. The van der Waals surface area contributed by atoms with Gasteiger partial charge in [-0.2, -0.15) is 13.2 Å². The Kier molecular flexibility index (Phi) is 4.46. The van der Waals surface area contributed by atoms with Crippen molar-refractivity contribution in [3.05, 3.63) is 34.4 Å². The fourth-order valence-corrected chi connectivity index (χ4v) is 2.94. The van der Waals surface area contributed by atoms with E-state index in [1.165, 1.54) is 0 Å². The minimum Gasteiger partial charge on any atom is -0.348 e. The molecule has 1 aromatic carbocycles. The summed E-state index contributed by atoms with van der Waals surface area (Å²) in [4.78, 5) is 11.7. The summed E-state index contributed by atoms with van der Waals surface area (Å²) < 4.78 is 39.4. The average Bonchev–Trinajstić information content (AvgIpc) is 2.74.